The third-order valence-corrected chi connectivity index (χ3v) is 8.11. The van der Waals surface area contributed by atoms with E-state index in [1.807, 2.05) is 11.0 Å². The molecule has 8 heteroatoms. The number of amides is 1. The maximum absolute atomic E-state index is 12.2. The fourth-order valence-electron chi connectivity index (χ4n) is 4.07. The van der Waals surface area contributed by atoms with Gasteiger partial charge >= 0.3 is 5.97 Å². The van der Waals surface area contributed by atoms with E-state index in [0.29, 0.717) is 29.5 Å². The Morgan fingerprint density at radius 1 is 1.54 bits per heavy atom. The van der Waals surface area contributed by atoms with E-state index in [9.17, 15) is 14.7 Å². The van der Waals surface area contributed by atoms with E-state index in [2.05, 4.69) is 18.0 Å². The maximum Gasteiger partial charge on any atom is 0.355 e. The standard InChI is InChI=1S/C20H28N2O4S2/c1-2-20(9-4-10-20)16(23)6-3-5-14-7-8-17(24)22(14)11-12-27-19-21-15(13-28-19)18(25)26/h3,5,13-14,16,23H,2,4,6-12H2,1H3,(H,25,26)/t14-,16-/m0/s1. The Kier molecular flexibility index (Phi) is 7.17. The highest BCUT2D eigenvalue weighted by molar-refractivity contribution is 8.01. The van der Waals surface area contributed by atoms with Crippen molar-refractivity contribution >= 4 is 35.0 Å². The van der Waals surface area contributed by atoms with Crippen LogP contribution in [0.4, 0.5) is 0 Å². The number of carbonyl (C=O) groups excluding carboxylic acids is 1. The second-order valence-corrected chi connectivity index (χ2v) is 9.79. The molecule has 0 aromatic carbocycles. The predicted molar refractivity (Wildman–Crippen MR) is 111 cm³/mol. The highest BCUT2D eigenvalue weighted by Gasteiger charge is 2.41. The van der Waals surface area contributed by atoms with E-state index in [1.54, 1.807) is 0 Å². The third-order valence-electron chi connectivity index (χ3n) is 6.11. The number of nitrogens with zero attached hydrogens (tertiary/aromatic N) is 2. The van der Waals surface area contributed by atoms with Gasteiger partial charge in [0.05, 0.1) is 12.1 Å². The van der Waals surface area contributed by atoms with Crippen LogP contribution in [0.1, 0.15) is 62.4 Å². The number of thiazole rings is 1. The molecular formula is C20H28N2O4S2. The zero-order valence-electron chi connectivity index (χ0n) is 16.2. The van der Waals surface area contributed by atoms with Gasteiger partial charge in [0.15, 0.2) is 10.0 Å². The fourth-order valence-corrected chi connectivity index (χ4v) is 5.88. The summed E-state index contributed by atoms with van der Waals surface area (Å²) >= 11 is 2.80. The number of rotatable bonds is 10. The minimum atomic E-state index is -1.02. The summed E-state index contributed by atoms with van der Waals surface area (Å²) in [5.74, 6) is -0.174. The number of aliphatic hydroxyl groups excluding tert-OH is 1. The van der Waals surface area contributed by atoms with Gasteiger partial charge in [-0.3, -0.25) is 4.79 Å². The van der Waals surface area contributed by atoms with Crippen molar-refractivity contribution in [3.8, 4) is 0 Å². The van der Waals surface area contributed by atoms with Gasteiger partial charge in [0.25, 0.3) is 0 Å². The van der Waals surface area contributed by atoms with E-state index in [4.69, 9.17) is 5.11 Å². The van der Waals surface area contributed by atoms with Gasteiger partial charge < -0.3 is 15.1 Å². The second kappa shape index (κ2) is 9.41. The van der Waals surface area contributed by atoms with Gasteiger partial charge in [0.1, 0.15) is 0 Å². The topological polar surface area (TPSA) is 90.7 Å². The average molecular weight is 425 g/mol. The summed E-state index contributed by atoms with van der Waals surface area (Å²) in [7, 11) is 0. The Hall–Kier alpha value is -1.38. The number of aliphatic hydroxyl groups is 1. The van der Waals surface area contributed by atoms with Crippen molar-refractivity contribution in [2.45, 2.75) is 68.4 Å². The molecule has 1 aromatic rings. The molecule has 0 bridgehead atoms. The minimum Gasteiger partial charge on any atom is -0.476 e. The van der Waals surface area contributed by atoms with Crippen molar-refractivity contribution in [1.82, 2.24) is 9.88 Å². The second-order valence-electron chi connectivity index (χ2n) is 7.59. The van der Waals surface area contributed by atoms with Crippen LogP contribution in [0.5, 0.6) is 0 Å². The first kappa shape index (κ1) is 21.3. The van der Waals surface area contributed by atoms with Crippen molar-refractivity contribution in [2.75, 3.05) is 12.3 Å². The van der Waals surface area contributed by atoms with Crippen LogP contribution in [0.3, 0.4) is 0 Å². The Bertz CT molecular complexity index is 724. The summed E-state index contributed by atoms with van der Waals surface area (Å²) in [6, 6.07) is 0.0881. The SMILES string of the molecule is CCC1([C@@H](O)CC=C[C@H]2CCC(=O)N2CCSc2nc(C(=O)O)cs2)CCC1. The van der Waals surface area contributed by atoms with Gasteiger partial charge in [-0.2, -0.15) is 0 Å². The molecule has 6 nitrogen and oxygen atoms in total. The van der Waals surface area contributed by atoms with Crippen LogP contribution in [0.15, 0.2) is 21.9 Å². The molecule has 1 saturated carbocycles. The highest BCUT2D eigenvalue weighted by atomic mass is 32.2. The Labute approximate surface area is 174 Å². The molecule has 0 spiro atoms. The average Bonchev–Trinajstić information content (AvgIpc) is 3.23. The van der Waals surface area contributed by atoms with E-state index in [0.717, 1.165) is 25.7 Å². The normalized spacial score (nSPS) is 22.6. The van der Waals surface area contributed by atoms with Crippen LogP contribution in [0.2, 0.25) is 0 Å². The van der Waals surface area contributed by atoms with Gasteiger partial charge in [0, 0.05) is 24.1 Å². The number of hydrogen-bond donors (Lipinski definition) is 2. The first-order valence-corrected chi connectivity index (χ1v) is 11.8. The van der Waals surface area contributed by atoms with Crippen molar-refractivity contribution in [3.05, 3.63) is 23.2 Å². The summed E-state index contributed by atoms with van der Waals surface area (Å²) in [5.41, 5.74) is 0.176. The van der Waals surface area contributed by atoms with Crippen molar-refractivity contribution in [2.24, 2.45) is 5.41 Å². The van der Waals surface area contributed by atoms with Gasteiger partial charge in [-0.15, -0.1) is 11.3 Å². The lowest BCUT2D eigenvalue weighted by Gasteiger charge is -2.45. The van der Waals surface area contributed by atoms with E-state index in [1.165, 1.54) is 34.9 Å². The number of carboxylic acid groups (broad SMARTS) is 1. The van der Waals surface area contributed by atoms with E-state index < -0.39 is 5.97 Å². The van der Waals surface area contributed by atoms with Crippen LogP contribution in [0.25, 0.3) is 0 Å². The Morgan fingerprint density at radius 2 is 2.32 bits per heavy atom. The molecule has 1 saturated heterocycles. The number of hydrogen-bond acceptors (Lipinski definition) is 6. The number of aromatic nitrogens is 1. The summed E-state index contributed by atoms with van der Waals surface area (Å²) in [4.78, 5) is 29.1. The number of likely N-dealkylation sites (tertiary alicyclic amines) is 1. The smallest absolute Gasteiger partial charge is 0.355 e. The van der Waals surface area contributed by atoms with Crippen molar-refractivity contribution in [3.63, 3.8) is 0 Å². The Balaban J connectivity index is 1.47. The lowest BCUT2D eigenvalue weighted by Crippen LogP contribution is -2.40. The van der Waals surface area contributed by atoms with E-state index >= 15 is 0 Å². The minimum absolute atomic E-state index is 0.0698. The first-order valence-electron chi connectivity index (χ1n) is 9.91. The largest absolute Gasteiger partial charge is 0.476 e. The van der Waals surface area contributed by atoms with Gasteiger partial charge in [0.2, 0.25) is 5.91 Å². The summed E-state index contributed by atoms with van der Waals surface area (Å²) < 4.78 is 0.713. The molecule has 1 aromatic heterocycles. The van der Waals surface area contributed by atoms with E-state index in [-0.39, 0.29) is 29.2 Å². The molecule has 1 aliphatic carbocycles. The zero-order chi connectivity index (χ0) is 20.1. The molecule has 2 heterocycles. The van der Waals surface area contributed by atoms with Crippen LogP contribution < -0.4 is 0 Å². The summed E-state index contributed by atoms with van der Waals surface area (Å²) in [6.07, 6.45) is 10.3. The van der Waals surface area contributed by atoms with Crippen molar-refractivity contribution < 1.29 is 19.8 Å². The van der Waals surface area contributed by atoms with Crippen LogP contribution in [0, 0.1) is 5.41 Å². The summed E-state index contributed by atoms with van der Waals surface area (Å²) in [5, 5.41) is 21.0. The van der Waals surface area contributed by atoms with Gasteiger partial charge in [-0.1, -0.05) is 37.3 Å². The number of carboxylic acids is 1. The Morgan fingerprint density at radius 3 is 2.93 bits per heavy atom. The predicted octanol–water partition coefficient (Wildman–Crippen LogP) is 3.81. The first-order chi connectivity index (χ1) is 13.4. The van der Waals surface area contributed by atoms with Gasteiger partial charge in [-0.05, 0) is 37.5 Å². The lowest BCUT2D eigenvalue weighted by atomic mass is 9.63. The van der Waals surface area contributed by atoms with Crippen LogP contribution in [-0.2, 0) is 4.79 Å². The molecule has 154 valence electrons. The third kappa shape index (κ3) is 4.78. The maximum atomic E-state index is 12.2. The number of aromatic carboxylic acids is 1. The summed E-state index contributed by atoms with van der Waals surface area (Å²) in [6.45, 7) is 2.77. The molecule has 28 heavy (non-hydrogen) atoms. The molecule has 1 amide bonds. The molecule has 2 fully saturated rings. The lowest BCUT2D eigenvalue weighted by molar-refractivity contribution is -0.128. The molecule has 1 aliphatic heterocycles. The van der Waals surface area contributed by atoms with Gasteiger partial charge in [-0.25, -0.2) is 9.78 Å². The van der Waals surface area contributed by atoms with Crippen LogP contribution >= 0.6 is 23.1 Å². The van der Waals surface area contributed by atoms with Crippen molar-refractivity contribution in [1.29, 1.82) is 0 Å². The molecule has 2 aliphatic rings. The zero-order valence-corrected chi connectivity index (χ0v) is 17.8. The number of carbonyl (C=O) groups is 2. The molecule has 2 atom stereocenters. The fraction of sp³-hybridized carbons (Fsp3) is 0.650. The molecule has 3 rings (SSSR count). The monoisotopic (exact) mass is 424 g/mol. The number of thioether (sulfide) groups is 1. The molecule has 0 radical (unpaired) electrons. The highest BCUT2D eigenvalue weighted by Crippen LogP contribution is 2.47. The quantitative estimate of drug-likeness (QED) is 0.438. The van der Waals surface area contributed by atoms with Crippen LogP contribution in [-0.4, -0.2) is 56.4 Å². The molecular weight excluding hydrogens is 396 g/mol. The molecule has 0 unspecified atom stereocenters. The molecule has 2 N–H and O–H groups in total.